The lowest BCUT2D eigenvalue weighted by atomic mass is 9.83. The molecule has 1 aliphatic heterocycles. The van der Waals surface area contributed by atoms with Crippen molar-refractivity contribution in [1.82, 2.24) is 9.80 Å². The highest BCUT2D eigenvalue weighted by Crippen LogP contribution is 2.33. The van der Waals surface area contributed by atoms with Crippen molar-refractivity contribution >= 4 is 24.8 Å². The highest BCUT2D eigenvalue weighted by molar-refractivity contribution is 5.85. The highest BCUT2D eigenvalue weighted by atomic mass is 35.5. The Hall–Kier alpha value is -1.10. The number of rotatable bonds is 5. The second kappa shape index (κ2) is 10.1. The van der Waals surface area contributed by atoms with E-state index in [0.717, 1.165) is 43.9 Å². The van der Waals surface area contributed by atoms with Crippen LogP contribution in [0.3, 0.4) is 0 Å². The van der Waals surface area contributed by atoms with Gasteiger partial charge in [0.25, 0.3) is 0 Å². The summed E-state index contributed by atoms with van der Waals surface area (Å²) in [5, 5.41) is 11.5. The standard InChI is InChI=1S/C20H26N2O.2ClH/c1-21-14-16-22(17-15-21)13-12-20(23,18-8-4-2-5-9-18)19-10-6-3-7-11-19;;/h2-11,23H,12-17H2,1H3;2*1H. The minimum Gasteiger partial charge on any atom is -0.380 e. The molecule has 2 aromatic carbocycles. The molecule has 0 spiro atoms. The third-order valence-corrected chi connectivity index (χ3v) is 4.89. The van der Waals surface area contributed by atoms with Gasteiger partial charge in [-0.1, -0.05) is 60.7 Å². The van der Waals surface area contributed by atoms with E-state index >= 15 is 0 Å². The topological polar surface area (TPSA) is 26.7 Å². The van der Waals surface area contributed by atoms with E-state index in [0.29, 0.717) is 6.42 Å². The molecule has 1 fully saturated rings. The number of piperazine rings is 1. The number of aliphatic hydroxyl groups is 1. The van der Waals surface area contributed by atoms with E-state index in [-0.39, 0.29) is 24.8 Å². The molecule has 0 aliphatic carbocycles. The maximum Gasteiger partial charge on any atom is 0.116 e. The molecular weight excluding hydrogens is 355 g/mol. The number of nitrogens with zero attached hydrogens (tertiary/aromatic N) is 2. The van der Waals surface area contributed by atoms with Crippen molar-refractivity contribution in [3.8, 4) is 0 Å². The lowest BCUT2D eigenvalue weighted by Crippen LogP contribution is -2.46. The fourth-order valence-corrected chi connectivity index (χ4v) is 3.27. The zero-order valence-corrected chi connectivity index (χ0v) is 16.3. The molecule has 0 bridgehead atoms. The molecule has 3 nitrogen and oxygen atoms in total. The lowest BCUT2D eigenvalue weighted by molar-refractivity contribution is 0.0494. The predicted octanol–water partition coefficient (Wildman–Crippen LogP) is 3.40. The van der Waals surface area contributed by atoms with Crippen LogP contribution in [-0.4, -0.2) is 54.7 Å². The van der Waals surface area contributed by atoms with Gasteiger partial charge >= 0.3 is 0 Å². The summed E-state index contributed by atoms with van der Waals surface area (Å²) in [6.45, 7) is 5.28. The summed E-state index contributed by atoms with van der Waals surface area (Å²) in [5.41, 5.74) is 1.02. The average molecular weight is 383 g/mol. The van der Waals surface area contributed by atoms with Crippen molar-refractivity contribution in [3.63, 3.8) is 0 Å². The fraction of sp³-hybridized carbons (Fsp3) is 0.400. The molecule has 0 unspecified atom stereocenters. The van der Waals surface area contributed by atoms with Gasteiger partial charge in [-0.2, -0.15) is 0 Å². The first kappa shape index (κ1) is 21.9. The average Bonchev–Trinajstić information content (AvgIpc) is 2.62. The smallest absolute Gasteiger partial charge is 0.116 e. The molecule has 0 aromatic heterocycles. The quantitative estimate of drug-likeness (QED) is 0.857. The molecule has 1 N–H and O–H groups in total. The third kappa shape index (κ3) is 5.44. The Balaban J connectivity index is 0.00000156. The Morgan fingerprint density at radius 1 is 0.800 bits per heavy atom. The third-order valence-electron chi connectivity index (χ3n) is 4.89. The predicted molar refractivity (Wildman–Crippen MR) is 109 cm³/mol. The van der Waals surface area contributed by atoms with Crippen molar-refractivity contribution in [2.75, 3.05) is 39.8 Å². The van der Waals surface area contributed by atoms with Gasteiger partial charge in [-0.25, -0.2) is 0 Å². The zero-order chi connectivity index (χ0) is 16.1. The van der Waals surface area contributed by atoms with Crippen LogP contribution in [0.1, 0.15) is 17.5 Å². The van der Waals surface area contributed by atoms with Gasteiger partial charge in [0.1, 0.15) is 5.60 Å². The van der Waals surface area contributed by atoms with E-state index in [4.69, 9.17) is 0 Å². The van der Waals surface area contributed by atoms with Gasteiger partial charge in [-0.15, -0.1) is 24.8 Å². The van der Waals surface area contributed by atoms with Gasteiger partial charge in [0.05, 0.1) is 0 Å². The van der Waals surface area contributed by atoms with Crippen molar-refractivity contribution < 1.29 is 5.11 Å². The molecule has 25 heavy (non-hydrogen) atoms. The Morgan fingerprint density at radius 2 is 1.24 bits per heavy atom. The van der Waals surface area contributed by atoms with Crippen molar-refractivity contribution in [3.05, 3.63) is 71.8 Å². The lowest BCUT2D eigenvalue weighted by Gasteiger charge is -2.36. The Kier molecular flexibility index (Phi) is 8.91. The molecule has 3 rings (SSSR count). The summed E-state index contributed by atoms with van der Waals surface area (Å²) < 4.78 is 0. The minimum absolute atomic E-state index is 0. The van der Waals surface area contributed by atoms with Crippen LogP contribution >= 0.6 is 24.8 Å². The molecule has 0 saturated carbocycles. The monoisotopic (exact) mass is 382 g/mol. The highest BCUT2D eigenvalue weighted by Gasteiger charge is 2.31. The fourth-order valence-electron chi connectivity index (χ4n) is 3.27. The Morgan fingerprint density at radius 3 is 1.68 bits per heavy atom. The Labute approximate surface area is 163 Å². The summed E-state index contributed by atoms with van der Waals surface area (Å²) in [6, 6.07) is 20.1. The molecule has 1 aliphatic rings. The summed E-state index contributed by atoms with van der Waals surface area (Å²) in [7, 11) is 2.17. The number of hydrogen-bond donors (Lipinski definition) is 1. The maximum absolute atomic E-state index is 11.5. The van der Waals surface area contributed by atoms with Crippen LogP contribution in [0.15, 0.2) is 60.7 Å². The summed E-state index contributed by atoms with van der Waals surface area (Å²) in [5.74, 6) is 0. The molecular formula is C20H28Cl2N2O. The molecule has 1 saturated heterocycles. The first-order valence-electron chi connectivity index (χ1n) is 8.43. The van der Waals surface area contributed by atoms with E-state index in [1.54, 1.807) is 0 Å². The van der Waals surface area contributed by atoms with Gasteiger partial charge < -0.3 is 14.9 Å². The van der Waals surface area contributed by atoms with E-state index in [9.17, 15) is 5.11 Å². The second-order valence-electron chi connectivity index (χ2n) is 6.49. The van der Waals surface area contributed by atoms with Crippen LogP contribution in [0.2, 0.25) is 0 Å². The van der Waals surface area contributed by atoms with Crippen LogP contribution in [-0.2, 0) is 5.60 Å². The number of likely N-dealkylation sites (N-methyl/N-ethyl adjacent to an activating group) is 1. The van der Waals surface area contributed by atoms with E-state index in [2.05, 4.69) is 16.8 Å². The van der Waals surface area contributed by atoms with E-state index < -0.39 is 5.60 Å². The van der Waals surface area contributed by atoms with Crippen LogP contribution in [0, 0.1) is 0 Å². The van der Waals surface area contributed by atoms with Gasteiger partial charge in [0, 0.05) is 32.7 Å². The normalized spacial score (nSPS) is 15.9. The summed E-state index contributed by atoms with van der Waals surface area (Å²) in [6.07, 6.45) is 0.713. The largest absolute Gasteiger partial charge is 0.380 e. The van der Waals surface area contributed by atoms with Crippen molar-refractivity contribution in [2.45, 2.75) is 12.0 Å². The first-order valence-corrected chi connectivity index (χ1v) is 8.43. The summed E-state index contributed by atoms with van der Waals surface area (Å²) >= 11 is 0. The van der Waals surface area contributed by atoms with Crippen LogP contribution in [0.5, 0.6) is 0 Å². The number of benzene rings is 2. The van der Waals surface area contributed by atoms with E-state index in [1.807, 2.05) is 60.7 Å². The van der Waals surface area contributed by atoms with Crippen LogP contribution in [0.4, 0.5) is 0 Å². The van der Waals surface area contributed by atoms with Gasteiger partial charge in [-0.05, 0) is 24.6 Å². The SMILES string of the molecule is CN1CCN(CCC(O)(c2ccccc2)c2ccccc2)CC1.Cl.Cl. The molecule has 138 valence electrons. The zero-order valence-electron chi connectivity index (χ0n) is 14.7. The van der Waals surface area contributed by atoms with Crippen molar-refractivity contribution in [2.24, 2.45) is 0 Å². The van der Waals surface area contributed by atoms with Crippen molar-refractivity contribution in [1.29, 1.82) is 0 Å². The van der Waals surface area contributed by atoms with Gasteiger partial charge in [0.2, 0.25) is 0 Å². The van der Waals surface area contributed by atoms with E-state index in [1.165, 1.54) is 0 Å². The summed E-state index contributed by atoms with van der Waals surface area (Å²) in [4.78, 5) is 4.81. The molecule has 5 heteroatoms. The van der Waals surface area contributed by atoms with Crippen LogP contribution < -0.4 is 0 Å². The first-order chi connectivity index (χ1) is 11.2. The number of halogens is 2. The minimum atomic E-state index is -0.925. The molecule has 0 radical (unpaired) electrons. The second-order valence-corrected chi connectivity index (χ2v) is 6.49. The maximum atomic E-state index is 11.5. The number of hydrogen-bond acceptors (Lipinski definition) is 3. The van der Waals surface area contributed by atoms with Gasteiger partial charge in [0.15, 0.2) is 0 Å². The van der Waals surface area contributed by atoms with Gasteiger partial charge in [-0.3, -0.25) is 0 Å². The molecule has 1 heterocycles. The Bertz CT molecular complexity index is 562. The van der Waals surface area contributed by atoms with Crippen LogP contribution in [0.25, 0.3) is 0 Å². The molecule has 2 aromatic rings. The molecule has 0 amide bonds. The molecule has 0 atom stereocenters.